The topological polar surface area (TPSA) is 72.2 Å². The molecule has 0 bridgehead atoms. The summed E-state index contributed by atoms with van der Waals surface area (Å²) < 4.78 is 25.2. The maximum Gasteiger partial charge on any atom is 0.237 e. The summed E-state index contributed by atoms with van der Waals surface area (Å²) in [6.45, 7) is 0. The lowest BCUT2D eigenvalue weighted by Gasteiger charge is -2.06. The van der Waals surface area contributed by atoms with E-state index < -0.39 is 22.5 Å². The summed E-state index contributed by atoms with van der Waals surface area (Å²) >= 11 is 5.80. The lowest BCUT2D eigenvalue weighted by molar-refractivity contribution is -0.113. The first-order chi connectivity index (χ1) is 9.94. The van der Waals surface area contributed by atoms with E-state index in [0.29, 0.717) is 10.7 Å². The van der Waals surface area contributed by atoms with Crippen LogP contribution in [0, 0.1) is 5.82 Å². The Labute approximate surface area is 128 Å². The summed E-state index contributed by atoms with van der Waals surface area (Å²) in [4.78, 5) is 12.0. The molecule has 0 fully saturated rings. The molecule has 0 radical (unpaired) electrons. The van der Waals surface area contributed by atoms with Gasteiger partial charge < -0.3 is 11.1 Å². The van der Waals surface area contributed by atoms with Crippen molar-refractivity contribution in [3.05, 3.63) is 53.3 Å². The van der Waals surface area contributed by atoms with Crippen LogP contribution in [0.25, 0.3) is 0 Å². The van der Waals surface area contributed by atoms with E-state index in [4.69, 9.17) is 17.3 Å². The van der Waals surface area contributed by atoms with Gasteiger partial charge in [-0.25, -0.2) is 4.39 Å². The van der Waals surface area contributed by atoms with Crippen LogP contribution in [0.15, 0.2) is 47.4 Å². The van der Waals surface area contributed by atoms with Crippen molar-refractivity contribution < 1.29 is 13.4 Å². The van der Waals surface area contributed by atoms with Crippen LogP contribution >= 0.6 is 11.6 Å². The molecule has 0 spiro atoms. The van der Waals surface area contributed by atoms with E-state index in [-0.39, 0.29) is 16.3 Å². The number of rotatable bonds is 4. The molecule has 3 N–H and O–H groups in total. The van der Waals surface area contributed by atoms with Crippen LogP contribution in [0.4, 0.5) is 15.8 Å². The Balaban J connectivity index is 2.03. The van der Waals surface area contributed by atoms with Gasteiger partial charge in [0.1, 0.15) is 11.6 Å². The van der Waals surface area contributed by atoms with Gasteiger partial charge in [0.15, 0.2) is 0 Å². The quantitative estimate of drug-likeness (QED) is 0.849. The highest BCUT2D eigenvalue weighted by molar-refractivity contribution is 7.85. The van der Waals surface area contributed by atoms with Crippen LogP contribution in [-0.2, 0) is 15.6 Å². The molecular weight excluding hydrogens is 315 g/mol. The summed E-state index contributed by atoms with van der Waals surface area (Å²) in [6, 6.07) is 10.2. The van der Waals surface area contributed by atoms with E-state index in [9.17, 15) is 13.4 Å². The Morgan fingerprint density at radius 1 is 1.29 bits per heavy atom. The molecule has 1 amide bonds. The van der Waals surface area contributed by atoms with Crippen molar-refractivity contribution >= 4 is 39.7 Å². The molecule has 0 aliphatic carbocycles. The second kappa shape index (κ2) is 6.69. The third kappa shape index (κ3) is 4.54. The highest BCUT2D eigenvalue weighted by Gasteiger charge is 2.12. The summed E-state index contributed by atoms with van der Waals surface area (Å²) in [5.41, 5.74) is 6.14. The number of nitrogens with one attached hydrogen (secondary N) is 1. The first kappa shape index (κ1) is 15.5. The number of hydrogen-bond donors (Lipinski definition) is 2. The number of nitrogens with two attached hydrogens (primary N) is 1. The van der Waals surface area contributed by atoms with Crippen LogP contribution in [0.1, 0.15) is 0 Å². The van der Waals surface area contributed by atoms with Crippen LogP contribution in [0.5, 0.6) is 0 Å². The highest BCUT2D eigenvalue weighted by Crippen LogP contribution is 2.17. The molecule has 21 heavy (non-hydrogen) atoms. The fraction of sp³-hybridized carbons (Fsp3) is 0.0714. The molecular formula is C14H12ClFN2O2S. The fourth-order valence-corrected chi connectivity index (χ4v) is 2.86. The first-order valence-electron chi connectivity index (χ1n) is 5.94. The molecule has 7 heteroatoms. The van der Waals surface area contributed by atoms with Crippen LogP contribution in [0.2, 0.25) is 5.02 Å². The number of halogens is 2. The summed E-state index contributed by atoms with van der Waals surface area (Å²) in [5.74, 6) is -1.35. The molecule has 0 aliphatic rings. The Morgan fingerprint density at radius 3 is 2.71 bits per heavy atom. The van der Waals surface area contributed by atoms with E-state index in [1.807, 2.05) is 0 Å². The van der Waals surface area contributed by atoms with Crippen molar-refractivity contribution in [1.82, 2.24) is 0 Å². The number of anilines is 2. The molecule has 2 aromatic rings. The second-order valence-electron chi connectivity index (χ2n) is 4.27. The minimum absolute atomic E-state index is 0.161. The first-order valence-corrected chi connectivity index (χ1v) is 7.63. The number of carbonyl (C=O) groups excluding carboxylic acids is 1. The van der Waals surface area contributed by atoms with Gasteiger partial charge in [-0.2, -0.15) is 0 Å². The van der Waals surface area contributed by atoms with Gasteiger partial charge in [0.2, 0.25) is 5.91 Å². The Kier molecular flexibility index (Phi) is 4.93. The van der Waals surface area contributed by atoms with Crippen molar-refractivity contribution in [1.29, 1.82) is 0 Å². The SMILES string of the molecule is Nc1cc(F)cc(S(=O)CC(=O)Nc2cccc(Cl)c2)c1. The van der Waals surface area contributed by atoms with Gasteiger partial charge in [0.25, 0.3) is 0 Å². The molecule has 0 aromatic heterocycles. The zero-order valence-electron chi connectivity index (χ0n) is 10.8. The highest BCUT2D eigenvalue weighted by atomic mass is 35.5. The zero-order valence-corrected chi connectivity index (χ0v) is 12.4. The smallest absolute Gasteiger partial charge is 0.237 e. The number of benzene rings is 2. The minimum atomic E-state index is -1.68. The van der Waals surface area contributed by atoms with Gasteiger partial charge in [0.05, 0.1) is 10.8 Å². The monoisotopic (exact) mass is 326 g/mol. The zero-order chi connectivity index (χ0) is 15.4. The van der Waals surface area contributed by atoms with Crippen LogP contribution < -0.4 is 11.1 Å². The average Bonchev–Trinajstić information content (AvgIpc) is 2.37. The Bertz CT molecular complexity index is 689. The predicted octanol–water partition coefficient (Wildman–Crippen LogP) is 2.81. The molecule has 0 saturated carbocycles. The van der Waals surface area contributed by atoms with Crippen molar-refractivity contribution in [3.8, 4) is 0 Å². The average molecular weight is 327 g/mol. The van der Waals surface area contributed by atoms with Crippen molar-refractivity contribution in [2.75, 3.05) is 16.8 Å². The molecule has 0 heterocycles. The number of amides is 1. The molecule has 2 rings (SSSR count). The predicted molar refractivity (Wildman–Crippen MR) is 82.2 cm³/mol. The van der Waals surface area contributed by atoms with E-state index in [2.05, 4.69) is 5.32 Å². The summed E-state index contributed by atoms with van der Waals surface area (Å²) in [7, 11) is -1.68. The fourth-order valence-electron chi connectivity index (χ4n) is 1.68. The van der Waals surface area contributed by atoms with Crippen LogP contribution in [-0.4, -0.2) is 15.9 Å². The molecule has 1 unspecified atom stereocenters. The summed E-state index contributed by atoms with van der Waals surface area (Å²) in [6.07, 6.45) is 0. The van der Waals surface area contributed by atoms with Crippen LogP contribution in [0.3, 0.4) is 0 Å². The molecule has 0 saturated heterocycles. The lowest BCUT2D eigenvalue weighted by Crippen LogP contribution is -2.19. The van der Waals surface area contributed by atoms with Crippen molar-refractivity contribution in [3.63, 3.8) is 0 Å². The standard InChI is InChI=1S/C14H12ClFN2O2S/c15-9-2-1-3-12(4-9)18-14(19)8-21(20)13-6-10(16)5-11(17)7-13/h1-7H,8,17H2,(H,18,19). The molecule has 1 atom stereocenters. The molecule has 2 aromatic carbocycles. The summed E-state index contributed by atoms with van der Waals surface area (Å²) in [5, 5.41) is 3.05. The maximum absolute atomic E-state index is 13.2. The van der Waals surface area contributed by atoms with Gasteiger partial charge in [-0.15, -0.1) is 0 Å². The molecule has 110 valence electrons. The number of hydrogen-bond acceptors (Lipinski definition) is 3. The van der Waals surface area contributed by atoms with Gasteiger partial charge in [-0.3, -0.25) is 9.00 Å². The normalized spacial score (nSPS) is 11.9. The van der Waals surface area contributed by atoms with E-state index in [1.54, 1.807) is 24.3 Å². The lowest BCUT2D eigenvalue weighted by atomic mass is 10.3. The molecule has 4 nitrogen and oxygen atoms in total. The third-order valence-corrected chi connectivity index (χ3v) is 4.05. The second-order valence-corrected chi connectivity index (χ2v) is 6.16. The number of carbonyl (C=O) groups is 1. The van der Waals surface area contributed by atoms with Gasteiger partial charge in [-0.1, -0.05) is 17.7 Å². The van der Waals surface area contributed by atoms with Gasteiger partial charge >= 0.3 is 0 Å². The maximum atomic E-state index is 13.2. The van der Waals surface area contributed by atoms with Gasteiger partial charge in [0, 0.05) is 21.3 Å². The van der Waals surface area contributed by atoms with E-state index in [0.717, 1.165) is 12.1 Å². The Hall–Kier alpha value is -1.92. The number of nitrogen functional groups attached to an aromatic ring is 1. The third-order valence-electron chi connectivity index (χ3n) is 2.53. The van der Waals surface area contributed by atoms with Gasteiger partial charge in [-0.05, 0) is 36.4 Å². The van der Waals surface area contributed by atoms with Crippen molar-refractivity contribution in [2.24, 2.45) is 0 Å². The van der Waals surface area contributed by atoms with E-state index >= 15 is 0 Å². The molecule has 0 aliphatic heterocycles. The Morgan fingerprint density at radius 2 is 2.05 bits per heavy atom. The largest absolute Gasteiger partial charge is 0.399 e. The van der Waals surface area contributed by atoms with E-state index in [1.165, 1.54) is 6.07 Å². The minimum Gasteiger partial charge on any atom is -0.399 e. The van der Waals surface area contributed by atoms with Crippen molar-refractivity contribution in [2.45, 2.75) is 4.90 Å².